The number of para-hydroxylation sites is 1. The molecule has 3 rings (SSSR count). The second kappa shape index (κ2) is 8.19. The standard InChI is InChI=1S/C20H23FN2O3/c1-22(2)9-10-23(14-15-5-3-6-16(21)13-15)20(24)17-7-4-8-18-19(17)26-12-11-25-18/h3-8,13H,9-12,14H2,1-2H3. The van der Waals surface area contributed by atoms with Crippen molar-refractivity contribution in [1.29, 1.82) is 0 Å². The number of hydrogen-bond acceptors (Lipinski definition) is 4. The lowest BCUT2D eigenvalue weighted by molar-refractivity contribution is 0.0721. The van der Waals surface area contributed by atoms with Gasteiger partial charge in [0.15, 0.2) is 11.5 Å². The summed E-state index contributed by atoms with van der Waals surface area (Å²) in [4.78, 5) is 16.9. The molecule has 0 aromatic heterocycles. The molecule has 0 aliphatic carbocycles. The summed E-state index contributed by atoms with van der Waals surface area (Å²) < 4.78 is 24.8. The fourth-order valence-electron chi connectivity index (χ4n) is 2.84. The molecule has 0 unspecified atom stereocenters. The molecule has 0 bridgehead atoms. The third-order valence-corrected chi connectivity index (χ3v) is 4.16. The van der Waals surface area contributed by atoms with Gasteiger partial charge in [-0.1, -0.05) is 18.2 Å². The number of hydrogen-bond donors (Lipinski definition) is 0. The number of likely N-dealkylation sites (N-methyl/N-ethyl adjacent to an activating group) is 1. The maximum Gasteiger partial charge on any atom is 0.258 e. The summed E-state index contributed by atoms with van der Waals surface area (Å²) in [6.45, 7) is 2.44. The van der Waals surface area contributed by atoms with Crippen LogP contribution < -0.4 is 9.47 Å². The zero-order chi connectivity index (χ0) is 18.5. The van der Waals surface area contributed by atoms with Crippen LogP contribution in [-0.2, 0) is 6.54 Å². The molecule has 5 nitrogen and oxygen atoms in total. The summed E-state index contributed by atoms with van der Waals surface area (Å²) in [6.07, 6.45) is 0. The van der Waals surface area contributed by atoms with Gasteiger partial charge in [0.25, 0.3) is 5.91 Å². The van der Waals surface area contributed by atoms with E-state index in [1.165, 1.54) is 12.1 Å². The Hall–Kier alpha value is -2.60. The molecule has 0 fully saturated rings. The fourth-order valence-corrected chi connectivity index (χ4v) is 2.84. The average molecular weight is 358 g/mol. The van der Waals surface area contributed by atoms with Gasteiger partial charge >= 0.3 is 0 Å². The van der Waals surface area contributed by atoms with Crippen molar-refractivity contribution in [2.75, 3.05) is 40.4 Å². The van der Waals surface area contributed by atoms with Crippen LogP contribution in [0, 0.1) is 5.82 Å². The molecular formula is C20H23FN2O3. The first-order chi connectivity index (χ1) is 12.5. The van der Waals surface area contributed by atoms with Crippen molar-refractivity contribution in [2.24, 2.45) is 0 Å². The number of benzene rings is 2. The van der Waals surface area contributed by atoms with E-state index in [1.54, 1.807) is 29.2 Å². The van der Waals surface area contributed by atoms with E-state index in [-0.39, 0.29) is 11.7 Å². The lowest BCUT2D eigenvalue weighted by Crippen LogP contribution is -2.36. The number of fused-ring (bicyclic) bond motifs is 1. The van der Waals surface area contributed by atoms with E-state index in [0.29, 0.717) is 49.9 Å². The highest BCUT2D eigenvalue weighted by Gasteiger charge is 2.24. The van der Waals surface area contributed by atoms with E-state index in [2.05, 4.69) is 0 Å². The third-order valence-electron chi connectivity index (χ3n) is 4.16. The first-order valence-electron chi connectivity index (χ1n) is 8.61. The zero-order valence-electron chi connectivity index (χ0n) is 15.1. The SMILES string of the molecule is CN(C)CCN(Cc1cccc(F)c1)C(=O)c1cccc2c1OCCO2. The van der Waals surface area contributed by atoms with Crippen molar-refractivity contribution >= 4 is 5.91 Å². The predicted molar refractivity (Wildman–Crippen MR) is 97.1 cm³/mol. The highest BCUT2D eigenvalue weighted by atomic mass is 19.1. The highest BCUT2D eigenvalue weighted by molar-refractivity contribution is 5.97. The summed E-state index contributed by atoms with van der Waals surface area (Å²) >= 11 is 0. The number of nitrogens with zero attached hydrogens (tertiary/aromatic N) is 2. The van der Waals surface area contributed by atoms with Crippen molar-refractivity contribution in [2.45, 2.75) is 6.54 Å². The van der Waals surface area contributed by atoms with E-state index in [4.69, 9.17) is 9.47 Å². The smallest absolute Gasteiger partial charge is 0.258 e. The van der Waals surface area contributed by atoms with Gasteiger partial charge in [-0.2, -0.15) is 0 Å². The number of rotatable bonds is 6. The Bertz CT molecular complexity index is 779. The number of amides is 1. The van der Waals surface area contributed by atoms with Gasteiger partial charge in [0.1, 0.15) is 19.0 Å². The van der Waals surface area contributed by atoms with Crippen molar-refractivity contribution in [3.05, 3.63) is 59.4 Å². The Morgan fingerprint density at radius 1 is 1.08 bits per heavy atom. The summed E-state index contributed by atoms with van der Waals surface area (Å²) in [7, 11) is 3.90. The van der Waals surface area contributed by atoms with Crippen LogP contribution in [0.3, 0.4) is 0 Å². The quantitative estimate of drug-likeness (QED) is 0.796. The molecule has 138 valence electrons. The molecule has 1 heterocycles. The van der Waals surface area contributed by atoms with Gasteiger partial charge in [0, 0.05) is 19.6 Å². The first-order valence-corrected chi connectivity index (χ1v) is 8.61. The maximum absolute atomic E-state index is 13.5. The van der Waals surface area contributed by atoms with Gasteiger partial charge in [0.2, 0.25) is 0 Å². The Balaban J connectivity index is 1.87. The molecule has 0 spiro atoms. The van der Waals surface area contributed by atoms with Gasteiger partial charge in [-0.05, 0) is 43.9 Å². The third kappa shape index (κ3) is 4.32. The molecule has 0 atom stereocenters. The van der Waals surface area contributed by atoms with Crippen LogP contribution in [0.15, 0.2) is 42.5 Å². The minimum Gasteiger partial charge on any atom is -0.486 e. The molecule has 6 heteroatoms. The summed E-state index contributed by atoms with van der Waals surface area (Å²) in [5.74, 6) is 0.605. The van der Waals surface area contributed by atoms with Crippen LogP contribution in [-0.4, -0.2) is 56.1 Å². The summed E-state index contributed by atoms with van der Waals surface area (Å²) in [5.41, 5.74) is 1.22. The molecule has 0 saturated carbocycles. The van der Waals surface area contributed by atoms with Gasteiger partial charge in [-0.3, -0.25) is 4.79 Å². The van der Waals surface area contributed by atoms with Crippen LogP contribution in [0.25, 0.3) is 0 Å². The van der Waals surface area contributed by atoms with Crippen LogP contribution in [0.5, 0.6) is 11.5 Å². The second-order valence-electron chi connectivity index (χ2n) is 6.49. The van der Waals surface area contributed by atoms with E-state index in [1.807, 2.05) is 25.1 Å². The minimum atomic E-state index is -0.309. The van der Waals surface area contributed by atoms with Crippen LogP contribution in [0.2, 0.25) is 0 Å². The van der Waals surface area contributed by atoms with Crippen molar-refractivity contribution in [1.82, 2.24) is 9.80 Å². The van der Waals surface area contributed by atoms with Crippen molar-refractivity contribution in [3.8, 4) is 11.5 Å². The molecule has 0 radical (unpaired) electrons. The van der Waals surface area contributed by atoms with E-state index in [9.17, 15) is 9.18 Å². The van der Waals surface area contributed by atoms with Crippen molar-refractivity contribution < 1.29 is 18.7 Å². The molecule has 1 aliphatic rings. The van der Waals surface area contributed by atoms with Crippen LogP contribution in [0.1, 0.15) is 15.9 Å². The van der Waals surface area contributed by atoms with Gasteiger partial charge in [-0.15, -0.1) is 0 Å². The lowest BCUT2D eigenvalue weighted by Gasteiger charge is -2.27. The molecule has 26 heavy (non-hydrogen) atoms. The number of carbonyl (C=O) groups is 1. The Morgan fingerprint density at radius 2 is 1.85 bits per heavy atom. The Kier molecular flexibility index (Phi) is 5.73. The molecule has 0 saturated heterocycles. The molecule has 1 aliphatic heterocycles. The zero-order valence-corrected chi connectivity index (χ0v) is 15.1. The largest absolute Gasteiger partial charge is 0.486 e. The Morgan fingerprint density at radius 3 is 2.62 bits per heavy atom. The highest BCUT2D eigenvalue weighted by Crippen LogP contribution is 2.34. The van der Waals surface area contributed by atoms with Crippen LogP contribution in [0.4, 0.5) is 4.39 Å². The molecular weight excluding hydrogens is 335 g/mol. The summed E-state index contributed by atoms with van der Waals surface area (Å²) in [5, 5.41) is 0. The summed E-state index contributed by atoms with van der Waals surface area (Å²) in [6, 6.07) is 11.6. The van der Waals surface area contributed by atoms with Gasteiger partial charge in [-0.25, -0.2) is 4.39 Å². The monoisotopic (exact) mass is 358 g/mol. The topological polar surface area (TPSA) is 42.0 Å². The predicted octanol–water partition coefficient (Wildman–Crippen LogP) is 2.80. The second-order valence-corrected chi connectivity index (χ2v) is 6.49. The van der Waals surface area contributed by atoms with Crippen LogP contribution >= 0.6 is 0 Å². The molecule has 2 aromatic carbocycles. The molecule has 1 amide bonds. The van der Waals surface area contributed by atoms with E-state index >= 15 is 0 Å². The number of carbonyl (C=O) groups excluding carboxylic acids is 1. The van der Waals surface area contributed by atoms with Crippen molar-refractivity contribution in [3.63, 3.8) is 0 Å². The molecule has 2 aromatic rings. The van der Waals surface area contributed by atoms with E-state index < -0.39 is 0 Å². The van der Waals surface area contributed by atoms with E-state index in [0.717, 1.165) is 5.56 Å². The number of ether oxygens (including phenoxy) is 2. The fraction of sp³-hybridized carbons (Fsp3) is 0.350. The molecule has 0 N–H and O–H groups in total. The van der Waals surface area contributed by atoms with Gasteiger partial charge < -0.3 is 19.3 Å². The first kappa shape index (κ1) is 18.2. The lowest BCUT2D eigenvalue weighted by atomic mass is 10.1. The average Bonchev–Trinajstić information content (AvgIpc) is 2.64. The maximum atomic E-state index is 13.5. The van der Waals surface area contributed by atoms with Gasteiger partial charge in [0.05, 0.1) is 5.56 Å². The Labute approximate surface area is 152 Å². The normalized spacial score (nSPS) is 12.9. The minimum absolute atomic E-state index is 0.154. The number of halogens is 1.